The molecule has 222 valence electrons. The van der Waals surface area contributed by atoms with Crippen molar-refractivity contribution in [3.63, 3.8) is 0 Å². The topological polar surface area (TPSA) is 65.3 Å². The van der Waals surface area contributed by atoms with Crippen LogP contribution in [0.2, 0.25) is 0 Å². The van der Waals surface area contributed by atoms with Gasteiger partial charge in [-0.15, -0.1) is 0 Å². The smallest absolute Gasteiger partial charge is 0.204 e. The molecule has 0 spiro atoms. The highest BCUT2D eigenvalue weighted by Gasteiger charge is 2.56. The summed E-state index contributed by atoms with van der Waals surface area (Å²) >= 11 is 0. The van der Waals surface area contributed by atoms with Gasteiger partial charge >= 0.3 is 0 Å². The van der Waals surface area contributed by atoms with Crippen LogP contribution in [0.4, 0.5) is 0 Å². The lowest BCUT2D eigenvalue weighted by Gasteiger charge is -2.59. The van der Waals surface area contributed by atoms with E-state index in [0.717, 1.165) is 72.6 Å². The summed E-state index contributed by atoms with van der Waals surface area (Å²) in [5, 5.41) is 0. The zero-order valence-corrected chi connectivity index (χ0v) is 24.5. The molecule has 8 saturated carbocycles. The molecule has 11 aliphatic rings. The van der Waals surface area contributed by atoms with Crippen LogP contribution < -0.4 is 14.2 Å². The highest BCUT2D eigenvalue weighted by atomic mass is 16.6. The molecule has 3 saturated heterocycles. The van der Waals surface area contributed by atoms with Crippen LogP contribution in [0, 0.1) is 35.5 Å². The van der Waals surface area contributed by atoms with Crippen molar-refractivity contribution in [2.75, 3.05) is 39.6 Å². The largest absolute Gasteiger partial charge is 0.486 e. The fourth-order valence-electron chi connectivity index (χ4n) is 11.7. The molecule has 0 N–H and O–H groups in total. The average molecular weight is 563 g/mol. The molecule has 0 amide bonds. The van der Waals surface area contributed by atoms with E-state index >= 15 is 0 Å². The first-order valence-electron chi connectivity index (χ1n) is 17.0. The molecule has 6 nitrogen and oxygen atoms in total. The zero-order valence-electron chi connectivity index (χ0n) is 24.5. The van der Waals surface area contributed by atoms with Gasteiger partial charge in [0.15, 0.2) is 11.5 Å². The van der Waals surface area contributed by atoms with Crippen LogP contribution in [-0.2, 0) is 25.0 Å². The molecule has 3 heterocycles. The maximum Gasteiger partial charge on any atom is 0.204 e. The van der Waals surface area contributed by atoms with E-state index in [1.165, 1.54) is 88.2 Å². The fraction of sp³-hybridized carbons (Fsp3) is 0.829. The second-order valence-electron chi connectivity index (χ2n) is 16.2. The molecule has 8 bridgehead atoms. The third-order valence-corrected chi connectivity index (χ3v) is 12.9. The van der Waals surface area contributed by atoms with Gasteiger partial charge in [0.05, 0.1) is 19.8 Å². The molecule has 3 unspecified atom stereocenters. The molecular weight excluding hydrogens is 516 g/mol. The molecule has 12 rings (SSSR count). The van der Waals surface area contributed by atoms with Gasteiger partial charge in [0.25, 0.3) is 0 Å². The molecule has 41 heavy (non-hydrogen) atoms. The maximum atomic E-state index is 6.87. The summed E-state index contributed by atoms with van der Waals surface area (Å²) in [5.74, 6) is 8.05. The van der Waals surface area contributed by atoms with Gasteiger partial charge in [0.1, 0.15) is 38.1 Å². The van der Waals surface area contributed by atoms with E-state index in [2.05, 4.69) is 6.07 Å². The number of hydrogen-bond acceptors (Lipinski definition) is 6. The van der Waals surface area contributed by atoms with E-state index in [4.69, 9.17) is 28.4 Å². The lowest BCUT2D eigenvalue weighted by molar-refractivity contribution is -0.0104. The summed E-state index contributed by atoms with van der Waals surface area (Å²) in [6, 6.07) is 2.66. The Kier molecular flexibility index (Phi) is 5.47. The molecular formula is C35H46O6. The number of hydrogen-bond donors (Lipinski definition) is 0. The first-order chi connectivity index (χ1) is 20.1. The van der Waals surface area contributed by atoms with E-state index in [1.54, 1.807) is 0 Å². The Bertz CT molecular complexity index is 1060. The van der Waals surface area contributed by atoms with Crippen LogP contribution >= 0.6 is 0 Å². The minimum atomic E-state index is 0.181. The molecule has 0 radical (unpaired) electrons. The Morgan fingerprint density at radius 3 is 1.07 bits per heavy atom. The monoisotopic (exact) mass is 562 g/mol. The Morgan fingerprint density at radius 2 is 0.780 bits per heavy atom. The molecule has 6 heteroatoms. The number of rotatable bonds is 11. The standard InChI is InChI=1S/C35H46O6/c1-20-2-22-3-21(1)9-34(8-20,10-22)29-7-30(35-11-23-4-24(12-35)6-25(5-23)13-35)32(40-18-27-15-37-27)33(41-19-28-16-38-28)31(29)39-17-26-14-36-26/h7,20-28H,1-6,8-19H2. The van der Waals surface area contributed by atoms with Crippen molar-refractivity contribution in [3.8, 4) is 17.2 Å². The van der Waals surface area contributed by atoms with E-state index in [9.17, 15) is 0 Å². The van der Waals surface area contributed by atoms with Crippen molar-refractivity contribution in [2.45, 2.75) is 106 Å². The summed E-state index contributed by atoms with van der Waals surface area (Å²) in [4.78, 5) is 0. The van der Waals surface area contributed by atoms with Gasteiger partial charge in [-0.05, 0) is 129 Å². The molecule has 1 aromatic rings. The summed E-state index contributed by atoms with van der Waals surface area (Å²) in [5.41, 5.74) is 3.34. The predicted octanol–water partition coefficient (Wildman–Crippen LogP) is 5.96. The molecule has 8 aliphatic carbocycles. The van der Waals surface area contributed by atoms with Crippen molar-refractivity contribution >= 4 is 0 Å². The maximum absolute atomic E-state index is 6.87. The first-order valence-corrected chi connectivity index (χ1v) is 17.0. The second-order valence-corrected chi connectivity index (χ2v) is 16.2. The summed E-state index contributed by atoms with van der Waals surface area (Å²) in [6.07, 6.45) is 17.1. The normalized spacial score (nSPS) is 47.5. The van der Waals surface area contributed by atoms with Crippen molar-refractivity contribution in [1.29, 1.82) is 0 Å². The van der Waals surface area contributed by atoms with Crippen molar-refractivity contribution < 1.29 is 28.4 Å². The molecule has 3 atom stereocenters. The van der Waals surface area contributed by atoms with Gasteiger partial charge in [-0.1, -0.05) is 0 Å². The molecule has 3 aliphatic heterocycles. The first kappa shape index (κ1) is 24.9. The minimum absolute atomic E-state index is 0.181. The lowest BCUT2D eigenvalue weighted by Crippen LogP contribution is -2.50. The Balaban J connectivity index is 1.16. The van der Waals surface area contributed by atoms with Gasteiger partial charge in [0.2, 0.25) is 5.75 Å². The van der Waals surface area contributed by atoms with E-state index in [0.29, 0.717) is 19.8 Å². The zero-order chi connectivity index (χ0) is 26.8. The van der Waals surface area contributed by atoms with Crippen LogP contribution in [-0.4, -0.2) is 58.0 Å². The quantitative estimate of drug-likeness (QED) is 0.311. The predicted molar refractivity (Wildman–Crippen MR) is 152 cm³/mol. The summed E-state index contributed by atoms with van der Waals surface area (Å²) in [6.45, 7) is 4.14. The highest BCUT2D eigenvalue weighted by molar-refractivity contribution is 5.64. The Morgan fingerprint density at radius 1 is 0.488 bits per heavy atom. The Labute approximate surface area is 244 Å². The number of benzene rings is 1. The van der Waals surface area contributed by atoms with Crippen LogP contribution in [0.3, 0.4) is 0 Å². The Hall–Kier alpha value is -1.50. The second kappa shape index (κ2) is 9.01. The highest BCUT2D eigenvalue weighted by Crippen LogP contribution is 2.67. The summed E-state index contributed by atoms with van der Waals surface area (Å²) in [7, 11) is 0. The van der Waals surface area contributed by atoms with Crippen molar-refractivity contribution in [2.24, 2.45) is 35.5 Å². The lowest BCUT2D eigenvalue weighted by atomic mass is 9.46. The fourth-order valence-corrected chi connectivity index (χ4v) is 11.7. The third kappa shape index (κ3) is 4.36. The third-order valence-electron chi connectivity index (χ3n) is 12.9. The SMILES string of the molecule is c1c(C23CC4CC(CC(C4)C2)C3)c(OCC2CO2)c(OCC2CO2)c(OCC2CO2)c1C12CC3CC(CC(C3)C1)C2. The molecule has 1 aromatic carbocycles. The van der Waals surface area contributed by atoms with Crippen LogP contribution in [0.5, 0.6) is 17.2 Å². The summed E-state index contributed by atoms with van der Waals surface area (Å²) < 4.78 is 37.5. The van der Waals surface area contributed by atoms with Gasteiger partial charge in [0, 0.05) is 11.1 Å². The van der Waals surface area contributed by atoms with Gasteiger partial charge < -0.3 is 28.4 Å². The van der Waals surface area contributed by atoms with E-state index < -0.39 is 0 Å². The molecule has 0 aromatic heterocycles. The van der Waals surface area contributed by atoms with Crippen LogP contribution in [0.25, 0.3) is 0 Å². The van der Waals surface area contributed by atoms with E-state index in [1.807, 2.05) is 0 Å². The average Bonchev–Trinajstić information content (AvgIpc) is 3.78. The van der Waals surface area contributed by atoms with Gasteiger partial charge in [-0.2, -0.15) is 0 Å². The van der Waals surface area contributed by atoms with Crippen LogP contribution in [0.1, 0.15) is 88.2 Å². The van der Waals surface area contributed by atoms with Gasteiger partial charge in [-0.3, -0.25) is 0 Å². The minimum Gasteiger partial charge on any atom is -0.486 e. The number of epoxide rings is 3. The van der Waals surface area contributed by atoms with Gasteiger partial charge in [-0.25, -0.2) is 0 Å². The van der Waals surface area contributed by atoms with Crippen molar-refractivity contribution in [1.82, 2.24) is 0 Å². The molecule has 11 fully saturated rings. The van der Waals surface area contributed by atoms with E-state index in [-0.39, 0.29) is 29.1 Å². The number of ether oxygens (including phenoxy) is 6. The van der Waals surface area contributed by atoms with Crippen molar-refractivity contribution in [3.05, 3.63) is 17.2 Å². The van der Waals surface area contributed by atoms with Crippen LogP contribution in [0.15, 0.2) is 6.07 Å².